The molecule has 20 heavy (non-hydrogen) atoms. The Morgan fingerprint density at radius 2 is 2.00 bits per heavy atom. The first kappa shape index (κ1) is 14.6. The molecule has 3 amide bonds. The van der Waals surface area contributed by atoms with E-state index in [1.165, 1.54) is 29.9 Å². The van der Waals surface area contributed by atoms with Crippen LogP contribution in [0.3, 0.4) is 0 Å². The first-order valence-corrected chi connectivity index (χ1v) is 7.59. The highest BCUT2D eigenvalue weighted by Gasteiger charge is 2.44. The zero-order valence-corrected chi connectivity index (χ0v) is 12.3. The maximum Gasteiger partial charge on any atom is 0.500 e. The molecule has 2 rings (SSSR count). The number of urea groups is 1. The molecule has 1 atom stereocenters. The number of hydrogen-bond acceptors (Lipinski definition) is 4. The number of amides is 3. The van der Waals surface area contributed by atoms with Gasteiger partial charge in [-0.3, -0.25) is 0 Å². The second-order valence-electron chi connectivity index (χ2n) is 4.55. The van der Waals surface area contributed by atoms with E-state index in [2.05, 4.69) is 4.72 Å². The van der Waals surface area contributed by atoms with Crippen LogP contribution in [0, 0.1) is 5.92 Å². The van der Waals surface area contributed by atoms with E-state index >= 15 is 0 Å². The fraction of sp³-hybridized carbons (Fsp3) is 0.417. The van der Waals surface area contributed by atoms with E-state index in [9.17, 15) is 18.0 Å². The van der Waals surface area contributed by atoms with Crippen molar-refractivity contribution in [1.82, 2.24) is 9.62 Å². The predicted molar refractivity (Wildman–Crippen MR) is 72.7 cm³/mol. The first-order valence-electron chi connectivity index (χ1n) is 6.11. The van der Waals surface area contributed by atoms with E-state index in [1.54, 1.807) is 14.0 Å². The number of carbonyl (C=O) groups is 2. The van der Waals surface area contributed by atoms with Crippen LogP contribution in [0.5, 0.6) is 0 Å². The van der Waals surface area contributed by atoms with Gasteiger partial charge in [-0.05, 0) is 18.2 Å². The van der Waals surface area contributed by atoms with Crippen LogP contribution in [-0.2, 0) is 14.8 Å². The highest BCUT2D eigenvalue weighted by atomic mass is 32.2. The van der Waals surface area contributed by atoms with Crippen molar-refractivity contribution < 1.29 is 22.6 Å². The lowest BCUT2D eigenvalue weighted by molar-refractivity contribution is -0.405. The summed E-state index contributed by atoms with van der Waals surface area (Å²) in [4.78, 5) is 24.9. The molecule has 0 aromatic heterocycles. The molecule has 7 nitrogen and oxygen atoms in total. The molecule has 0 fully saturated rings. The fourth-order valence-electron chi connectivity index (χ4n) is 2.19. The SMILES string of the molecule is CCNS(=O)(=O)C1=CC2C(=O)N(C)C(=O)[N+](C)=C2C=C1. The van der Waals surface area contributed by atoms with Crippen LogP contribution in [0.25, 0.3) is 0 Å². The molecule has 0 radical (unpaired) electrons. The summed E-state index contributed by atoms with van der Waals surface area (Å²) in [6, 6.07) is -0.433. The molecular weight excluding hydrogens is 282 g/mol. The smallest absolute Gasteiger partial charge is 0.245 e. The quantitative estimate of drug-likeness (QED) is 0.723. The van der Waals surface area contributed by atoms with Gasteiger partial charge in [0.05, 0.1) is 19.0 Å². The summed E-state index contributed by atoms with van der Waals surface area (Å²) in [5, 5.41) is 0. The van der Waals surface area contributed by atoms with Crippen molar-refractivity contribution >= 4 is 27.7 Å². The van der Waals surface area contributed by atoms with Gasteiger partial charge in [0.25, 0.3) is 0 Å². The predicted octanol–water partition coefficient (Wildman–Crippen LogP) is -0.329. The highest BCUT2D eigenvalue weighted by molar-refractivity contribution is 7.93. The van der Waals surface area contributed by atoms with E-state index in [4.69, 9.17) is 0 Å². The molecule has 1 N–H and O–H groups in total. The number of nitrogens with one attached hydrogen (secondary N) is 1. The number of rotatable bonds is 3. The van der Waals surface area contributed by atoms with Gasteiger partial charge < -0.3 is 0 Å². The second kappa shape index (κ2) is 4.95. The fourth-order valence-corrected chi connectivity index (χ4v) is 3.29. The molecule has 1 aliphatic carbocycles. The molecule has 0 saturated heterocycles. The van der Waals surface area contributed by atoms with Crippen LogP contribution in [-0.4, -0.2) is 56.2 Å². The third-order valence-corrected chi connectivity index (χ3v) is 4.83. The van der Waals surface area contributed by atoms with Crippen LogP contribution >= 0.6 is 0 Å². The summed E-state index contributed by atoms with van der Waals surface area (Å²) in [6.07, 6.45) is 4.26. The Balaban J connectivity index is 2.50. The van der Waals surface area contributed by atoms with Crippen molar-refractivity contribution in [2.24, 2.45) is 5.92 Å². The third-order valence-electron chi connectivity index (χ3n) is 3.27. The van der Waals surface area contributed by atoms with Crippen molar-refractivity contribution in [1.29, 1.82) is 0 Å². The third kappa shape index (κ3) is 2.20. The topological polar surface area (TPSA) is 86.6 Å². The van der Waals surface area contributed by atoms with Crippen molar-refractivity contribution in [2.45, 2.75) is 6.92 Å². The Morgan fingerprint density at radius 1 is 1.35 bits per heavy atom. The molecule has 1 unspecified atom stereocenters. The molecule has 0 saturated carbocycles. The first-order chi connectivity index (χ1) is 9.29. The maximum absolute atomic E-state index is 12.1. The van der Waals surface area contributed by atoms with Gasteiger partial charge in [0.2, 0.25) is 10.0 Å². The number of allylic oxidation sites excluding steroid dienone is 2. The van der Waals surface area contributed by atoms with E-state index < -0.39 is 27.9 Å². The number of carbonyl (C=O) groups excluding carboxylic acids is 2. The number of sulfonamides is 1. The normalized spacial score (nSPS) is 23.1. The van der Waals surface area contributed by atoms with Crippen LogP contribution in [0.15, 0.2) is 23.1 Å². The summed E-state index contributed by atoms with van der Waals surface area (Å²) in [5.41, 5.74) is 0.480. The van der Waals surface area contributed by atoms with Gasteiger partial charge in [0.15, 0.2) is 0 Å². The standard InChI is InChI=1S/C12H16N3O4S/c1-4-13-20(18,19)8-5-6-10-9(7-8)11(16)15(3)12(17)14(10)2/h5-7,9,13H,4H2,1-3H3/q+1. The highest BCUT2D eigenvalue weighted by Crippen LogP contribution is 2.23. The average molecular weight is 298 g/mol. The van der Waals surface area contributed by atoms with Gasteiger partial charge >= 0.3 is 11.9 Å². The number of nitrogens with zero attached hydrogens (tertiary/aromatic N) is 2. The number of imide groups is 1. The summed E-state index contributed by atoms with van der Waals surface area (Å²) < 4.78 is 27.6. The minimum absolute atomic E-state index is 0.0394. The Kier molecular flexibility index (Phi) is 3.61. The van der Waals surface area contributed by atoms with E-state index in [-0.39, 0.29) is 11.4 Å². The molecule has 1 heterocycles. The van der Waals surface area contributed by atoms with Crippen LogP contribution < -0.4 is 4.72 Å². The van der Waals surface area contributed by atoms with Crippen molar-refractivity contribution in [3.63, 3.8) is 0 Å². The molecule has 108 valence electrons. The molecule has 8 heteroatoms. The summed E-state index contributed by atoms with van der Waals surface area (Å²) in [6.45, 7) is 1.94. The lowest BCUT2D eigenvalue weighted by Crippen LogP contribution is -2.51. The number of hydrogen-bond donors (Lipinski definition) is 1. The minimum atomic E-state index is -3.62. The van der Waals surface area contributed by atoms with Crippen LogP contribution in [0.2, 0.25) is 0 Å². The van der Waals surface area contributed by atoms with E-state index in [0.717, 1.165) is 4.90 Å². The largest absolute Gasteiger partial charge is 0.500 e. The van der Waals surface area contributed by atoms with Gasteiger partial charge in [-0.2, -0.15) is 14.3 Å². The van der Waals surface area contributed by atoms with E-state index in [1.807, 2.05) is 0 Å². The Bertz CT molecular complexity index is 673. The average Bonchev–Trinajstić information content (AvgIpc) is 2.42. The van der Waals surface area contributed by atoms with Crippen LogP contribution in [0.4, 0.5) is 4.79 Å². The Morgan fingerprint density at radius 3 is 2.60 bits per heavy atom. The zero-order chi connectivity index (χ0) is 15.1. The minimum Gasteiger partial charge on any atom is -0.245 e. The maximum atomic E-state index is 12.1. The van der Waals surface area contributed by atoms with E-state index in [0.29, 0.717) is 5.71 Å². The van der Waals surface area contributed by atoms with Gasteiger partial charge in [0, 0.05) is 6.54 Å². The molecule has 2 aliphatic rings. The molecular formula is C12H16N3O4S+. The lowest BCUT2D eigenvalue weighted by atomic mass is 9.95. The van der Waals surface area contributed by atoms with Crippen LogP contribution in [0.1, 0.15) is 6.92 Å². The molecule has 0 aromatic rings. The lowest BCUT2D eigenvalue weighted by Gasteiger charge is -2.24. The Hall–Kier alpha value is -1.80. The zero-order valence-electron chi connectivity index (χ0n) is 11.5. The van der Waals surface area contributed by atoms with Gasteiger partial charge in [-0.15, -0.1) is 0 Å². The molecule has 1 aliphatic heterocycles. The summed E-state index contributed by atoms with van der Waals surface area (Å²) in [7, 11) is -0.690. The second-order valence-corrected chi connectivity index (χ2v) is 6.31. The van der Waals surface area contributed by atoms with Gasteiger partial charge in [0.1, 0.15) is 11.6 Å². The van der Waals surface area contributed by atoms with Crippen molar-refractivity contribution in [2.75, 3.05) is 20.6 Å². The number of fused-ring (bicyclic) bond motifs is 1. The van der Waals surface area contributed by atoms with Gasteiger partial charge in [-0.25, -0.2) is 17.9 Å². The summed E-state index contributed by atoms with van der Waals surface area (Å²) in [5.74, 6) is -1.19. The molecule has 0 spiro atoms. The van der Waals surface area contributed by atoms with Crippen molar-refractivity contribution in [3.05, 3.63) is 23.1 Å². The monoisotopic (exact) mass is 298 g/mol. The molecule has 0 aromatic carbocycles. The van der Waals surface area contributed by atoms with Crippen molar-refractivity contribution in [3.8, 4) is 0 Å². The summed E-state index contributed by atoms with van der Waals surface area (Å²) >= 11 is 0. The molecule has 0 bridgehead atoms. The Labute approximate surface area is 117 Å². The van der Waals surface area contributed by atoms with Gasteiger partial charge in [-0.1, -0.05) is 6.92 Å².